The molecule has 2 aromatic carbocycles. The molecule has 3 rings (SSSR count). The number of likely N-dealkylation sites (N-methyl/N-ethyl adjacent to an activating group) is 1. The molecule has 1 aromatic heterocycles. The van der Waals surface area contributed by atoms with Crippen LogP contribution in [0.1, 0.15) is 37.8 Å². The number of hydrogen-bond donors (Lipinski definition) is 1. The predicted octanol–water partition coefficient (Wildman–Crippen LogP) is 3.37. The van der Waals surface area contributed by atoms with Crippen LogP contribution in [-0.2, 0) is 22.5 Å². The Bertz CT molecular complexity index is 1080. The quantitative estimate of drug-likeness (QED) is 0.549. The second-order valence-electron chi connectivity index (χ2n) is 7.45. The van der Waals surface area contributed by atoms with E-state index in [2.05, 4.69) is 5.32 Å². The molecule has 1 atom stereocenters. The van der Waals surface area contributed by atoms with Crippen molar-refractivity contribution in [2.75, 3.05) is 14.2 Å². The van der Waals surface area contributed by atoms with Crippen molar-refractivity contribution < 1.29 is 23.5 Å². The van der Waals surface area contributed by atoms with Crippen LogP contribution in [0.2, 0.25) is 0 Å². The van der Waals surface area contributed by atoms with Crippen LogP contribution in [0.4, 0.5) is 0 Å². The lowest BCUT2D eigenvalue weighted by molar-refractivity contribution is -0.132. The summed E-state index contributed by atoms with van der Waals surface area (Å²) in [6, 6.07) is 19.1. The highest BCUT2D eigenvalue weighted by molar-refractivity contribution is 5.97. The van der Waals surface area contributed by atoms with Crippen molar-refractivity contribution in [3.05, 3.63) is 94.9 Å². The first kappa shape index (κ1) is 22.8. The highest BCUT2D eigenvalue weighted by atomic mass is 16.5. The summed E-state index contributed by atoms with van der Waals surface area (Å²) in [4.78, 5) is 39.3. The van der Waals surface area contributed by atoms with Gasteiger partial charge >= 0.3 is 5.97 Å². The molecule has 2 amide bonds. The van der Waals surface area contributed by atoms with Crippen LogP contribution in [0.15, 0.2) is 71.1 Å². The largest absolute Gasteiger partial charge is 0.465 e. The molecule has 0 radical (unpaired) electrons. The minimum atomic E-state index is -0.772. The number of carbonyl (C=O) groups is 3. The number of benzene rings is 2. The third-order valence-electron chi connectivity index (χ3n) is 5.07. The zero-order chi connectivity index (χ0) is 23.1. The van der Waals surface area contributed by atoms with Gasteiger partial charge in [0, 0.05) is 19.0 Å². The summed E-state index contributed by atoms with van der Waals surface area (Å²) in [6.45, 7) is 1.80. The van der Waals surface area contributed by atoms with Crippen LogP contribution < -0.4 is 5.32 Å². The molecule has 1 unspecified atom stereocenters. The van der Waals surface area contributed by atoms with Crippen molar-refractivity contribution in [2.24, 2.45) is 0 Å². The van der Waals surface area contributed by atoms with E-state index in [0.29, 0.717) is 29.1 Å². The molecule has 3 aromatic rings. The maximum Gasteiger partial charge on any atom is 0.341 e. The normalized spacial score (nSPS) is 11.5. The zero-order valence-corrected chi connectivity index (χ0v) is 18.3. The Morgan fingerprint density at radius 3 is 2.28 bits per heavy atom. The fourth-order valence-electron chi connectivity index (χ4n) is 3.39. The van der Waals surface area contributed by atoms with Crippen LogP contribution >= 0.6 is 0 Å². The second-order valence-corrected chi connectivity index (χ2v) is 7.45. The SMILES string of the molecule is COC(=O)c1cc(CN(C)C(=O)C(Cc2ccccc2)NC(=O)c2ccccc2)oc1C. The van der Waals surface area contributed by atoms with Gasteiger partial charge in [0.2, 0.25) is 5.91 Å². The van der Waals surface area contributed by atoms with Gasteiger partial charge in [0.05, 0.1) is 13.7 Å². The van der Waals surface area contributed by atoms with Gasteiger partial charge in [-0.2, -0.15) is 0 Å². The van der Waals surface area contributed by atoms with Crippen LogP contribution in [0.25, 0.3) is 0 Å². The summed E-state index contributed by atoms with van der Waals surface area (Å²) >= 11 is 0. The number of hydrogen-bond acceptors (Lipinski definition) is 5. The smallest absolute Gasteiger partial charge is 0.341 e. The van der Waals surface area contributed by atoms with Crippen molar-refractivity contribution in [3.8, 4) is 0 Å². The first-order chi connectivity index (χ1) is 15.4. The molecule has 1 heterocycles. The lowest BCUT2D eigenvalue weighted by Gasteiger charge is -2.24. The first-order valence-corrected chi connectivity index (χ1v) is 10.2. The summed E-state index contributed by atoms with van der Waals surface area (Å²) in [5.74, 6) is -0.219. The van der Waals surface area contributed by atoms with E-state index in [9.17, 15) is 14.4 Å². The van der Waals surface area contributed by atoms with Crippen molar-refractivity contribution in [2.45, 2.75) is 25.9 Å². The van der Waals surface area contributed by atoms with Crippen LogP contribution in [0, 0.1) is 6.92 Å². The summed E-state index contributed by atoms with van der Waals surface area (Å²) in [5.41, 5.74) is 1.72. The Labute approximate surface area is 187 Å². The van der Waals surface area contributed by atoms with Crippen molar-refractivity contribution in [1.82, 2.24) is 10.2 Å². The summed E-state index contributed by atoms with van der Waals surface area (Å²) in [5, 5.41) is 2.86. The zero-order valence-electron chi connectivity index (χ0n) is 18.3. The number of nitrogens with zero attached hydrogens (tertiary/aromatic N) is 1. The number of amides is 2. The van der Waals surface area contributed by atoms with E-state index in [0.717, 1.165) is 5.56 Å². The number of ether oxygens (including phenoxy) is 1. The van der Waals surface area contributed by atoms with Gasteiger partial charge < -0.3 is 19.4 Å². The van der Waals surface area contributed by atoms with E-state index in [1.54, 1.807) is 44.3 Å². The highest BCUT2D eigenvalue weighted by Gasteiger charge is 2.26. The molecule has 7 heteroatoms. The molecule has 0 aliphatic carbocycles. The predicted molar refractivity (Wildman–Crippen MR) is 119 cm³/mol. The Morgan fingerprint density at radius 1 is 1.03 bits per heavy atom. The summed E-state index contributed by atoms with van der Waals surface area (Å²) < 4.78 is 10.4. The lowest BCUT2D eigenvalue weighted by atomic mass is 10.0. The van der Waals surface area contributed by atoms with Gasteiger partial charge in [0.25, 0.3) is 5.91 Å². The number of carbonyl (C=O) groups excluding carboxylic acids is 3. The summed E-state index contributed by atoms with van der Waals surface area (Å²) in [7, 11) is 2.93. The standard InChI is InChI=1S/C25H26N2O5/c1-17-21(25(30)31-3)15-20(32-17)16-27(2)24(29)22(14-18-10-6-4-7-11-18)26-23(28)19-12-8-5-9-13-19/h4-13,15,22H,14,16H2,1-3H3,(H,26,28). The first-order valence-electron chi connectivity index (χ1n) is 10.2. The minimum absolute atomic E-state index is 0.142. The molecule has 7 nitrogen and oxygen atoms in total. The molecule has 0 bridgehead atoms. The Kier molecular flexibility index (Phi) is 7.44. The lowest BCUT2D eigenvalue weighted by Crippen LogP contribution is -2.48. The molecule has 0 fully saturated rings. The number of nitrogens with one attached hydrogen (secondary N) is 1. The maximum atomic E-state index is 13.3. The molecule has 0 aliphatic rings. The van der Waals surface area contributed by atoms with E-state index in [1.165, 1.54) is 12.0 Å². The molecule has 1 N–H and O–H groups in total. The van der Waals surface area contributed by atoms with Gasteiger partial charge in [0.1, 0.15) is 23.1 Å². The summed E-state index contributed by atoms with van der Waals surface area (Å²) in [6.07, 6.45) is 0.340. The molecule has 166 valence electrons. The third-order valence-corrected chi connectivity index (χ3v) is 5.07. The molecule has 0 saturated heterocycles. The molecular formula is C25H26N2O5. The second kappa shape index (κ2) is 10.4. The van der Waals surface area contributed by atoms with E-state index < -0.39 is 12.0 Å². The third kappa shape index (κ3) is 5.63. The molecule has 0 aliphatic heterocycles. The van der Waals surface area contributed by atoms with Gasteiger partial charge in [-0.15, -0.1) is 0 Å². The van der Waals surface area contributed by atoms with Crippen molar-refractivity contribution in [3.63, 3.8) is 0 Å². The van der Waals surface area contributed by atoms with Gasteiger partial charge in [-0.3, -0.25) is 9.59 Å². The fourth-order valence-corrected chi connectivity index (χ4v) is 3.39. The van der Waals surface area contributed by atoms with E-state index >= 15 is 0 Å². The van der Waals surface area contributed by atoms with E-state index in [-0.39, 0.29) is 18.4 Å². The molecule has 0 spiro atoms. The number of esters is 1. The topological polar surface area (TPSA) is 88.9 Å². The van der Waals surface area contributed by atoms with Gasteiger partial charge in [-0.05, 0) is 30.7 Å². The minimum Gasteiger partial charge on any atom is -0.465 e. The van der Waals surface area contributed by atoms with Crippen LogP contribution in [0.5, 0.6) is 0 Å². The number of rotatable bonds is 8. The molecular weight excluding hydrogens is 408 g/mol. The van der Waals surface area contributed by atoms with Crippen LogP contribution in [-0.4, -0.2) is 42.9 Å². The Balaban J connectivity index is 1.77. The van der Waals surface area contributed by atoms with Gasteiger partial charge in [-0.25, -0.2) is 4.79 Å². The average Bonchev–Trinajstić information content (AvgIpc) is 3.18. The van der Waals surface area contributed by atoms with Crippen molar-refractivity contribution >= 4 is 17.8 Å². The fraction of sp³-hybridized carbons (Fsp3) is 0.240. The van der Waals surface area contributed by atoms with Gasteiger partial charge in [0.15, 0.2) is 0 Å². The molecule has 32 heavy (non-hydrogen) atoms. The van der Waals surface area contributed by atoms with E-state index in [4.69, 9.17) is 9.15 Å². The number of methoxy groups -OCH3 is 1. The average molecular weight is 434 g/mol. The Morgan fingerprint density at radius 2 is 1.66 bits per heavy atom. The monoisotopic (exact) mass is 434 g/mol. The van der Waals surface area contributed by atoms with E-state index in [1.807, 2.05) is 36.4 Å². The number of furan rings is 1. The molecule has 0 saturated carbocycles. The van der Waals surface area contributed by atoms with Gasteiger partial charge in [-0.1, -0.05) is 48.5 Å². The Hall–Kier alpha value is -3.87. The maximum absolute atomic E-state index is 13.3. The number of aryl methyl sites for hydroxylation is 1. The van der Waals surface area contributed by atoms with Crippen molar-refractivity contribution in [1.29, 1.82) is 0 Å². The van der Waals surface area contributed by atoms with Crippen LogP contribution in [0.3, 0.4) is 0 Å². The highest BCUT2D eigenvalue weighted by Crippen LogP contribution is 2.18.